The summed E-state index contributed by atoms with van der Waals surface area (Å²) in [6.45, 7) is 3.58. The second-order valence-corrected chi connectivity index (χ2v) is 3.54. The predicted octanol–water partition coefficient (Wildman–Crippen LogP) is 1.16. The van der Waals surface area contributed by atoms with E-state index in [0.717, 1.165) is 0 Å². The fourth-order valence-electron chi connectivity index (χ4n) is 1.13. The average Bonchev–Trinajstić information content (AvgIpc) is 2.16. The van der Waals surface area contributed by atoms with Crippen molar-refractivity contribution in [3.8, 4) is 0 Å². The lowest BCUT2D eigenvalue weighted by Gasteiger charge is -2.07. The molecule has 0 aliphatic rings. The lowest BCUT2D eigenvalue weighted by Crippen LogP contribution is -2.21. The van der Waals surface area contributed by atoms with Crippen molar-refractivity contribution in [1.82, 2.24) is 0 Å². The Labute approximate surface area is 94.1 Å². The Hall–Kier alpha value is -2.04. The molecule has 1 aromatic carbocycles. The standard InChI is InChI=1S/C11H15N3O2/c1-7(2)16-10(15)8-4-3-5-9(6-8)14-11(12)13/h3-7H,1-2H3,(H4,12,13,14). The van der Waals surface area contributed by atoms with Gasteiger partial charge in [0.2, 0.25) is 0 Å². The van der Waals surface area contributed by atoms with Gasteiger partial charge in [-0.3, -0.25) is 0 Å². The molecule has 0 bridgehead atoms. The highest BCUT2D eigenvalue weighted by molar-refractivity contribution is 5.91. The molecule has 4 N–H and O–H groups in total. The van der Waals surface area contributed by atoms with Crippen LogP contribution in [0.2, 0.25) is 0 Å². The van der Waals surface area contributed by atoms with Crippen LogP contribution in [-0.2, 0) is 4.74 Å². The van der Waals surface area contributed by atoms with E-state index >= 15 is 0 Å². The minimum atomic E-state index is -0.386. The number of esters is 1. The maximum atomic E-state index is 11.6. The summed E-state index contributed by atoms with van der Waals surface area (Å²) in [6, 6.07) is 6.62. The van der Waals surface area contributed by atoms with Crippen LogP contribution in [0.4, 0.5) is 5.69 Å². The van der Waals surface area contributed by atoms with Crippen LogP contribution in [0.1, 0.15) is 24.2 Å². The van der Waals surface area contributed by atoms with E-state index in [-0.39, 0.29) is 18.0 Å². The molecular weight excluding hydrogens is 206 g/mol. The summed E-state index contributed by atoms with van der Waals surface area (Å²) in [5, 5.41) is 0. The second-order valence-electron chi connectivity index (χ2n) is 3.54. The van der Waals surface area contributed by atoms with Gasteiger partial charge in [-0.05, 0) is 32.0 Å². The highest BCUT2D eigenvalue weighted by atomic mass is 16.5. The first kappa shape index (κ1) is 12.0. The molecule has 0 amide bonds. The van der Waals surface area contributed by atoms with E-state index < -0.39 is 0 Å². The van der Waals surface area contributed by atoms with Gasteiger partial charge >= 0.3 is 5.97 Å². The van der Waals surface area contributed by atoms with Crippen molar-refractivity contribution in [3.63, 3.8) is 0 Å². The van der Waals surface area contributed by atoms with Gasteiger partial charge in [-0.25, -0.2) is 9.79 Å². The van der Waals surface area contributed by atoms with E-state index in [1.165, 1.54) is 0 Å². The SMILES string of the molecule is CC(C)OC(=O)c1cccc(N=C(N)N)c1. The molecule has 86 valence electrons. The molecule has 0 spiro atoms. The number of aliphatic imine (C=N–C) groups is 1. The summed E-state index contributed by atoms with van der Waals surface area (Å²) < 4.78 is 5.05. The first-order valence-electron chi connectivity index (χ1n) is 4.89. The summed E-state index contributed by atoms with van der Waals surface area (Å²) in [4.78, 5) is 15.4. The Morgan fingerprint density at radius 3 is 2.62 bits per heavy atom. The number of carbonyl (C=O) groups is 1. The van der Waals surface area contributed by atoms with Crippen molar-refractivity contribution < 1.29 is 9.53 Å². The Balaban J connectivity index is 2.90. The quantitative estimate of drug-likeness (QED) is 0.455. The summed E-state index contributed by atoms with van der Waals surface area (Å²) >= 11 is 0. The summed E-state index contributed by atoms with van der Waals surface area (Å²) in [7, 11) is 0. The van der Waals surface area contributed by atoms with Crippen LogP contribution in [0.15, 0.2) is 29.3 Å². The fourth-order valence-corrected chi connectivity index (χ4v) is 1.13. The molecule has 0 aromatic heterocycles. The molecule has 16 heavy (non-hydrogen) atoms. The number of benzene rings is 1. The molecule has 0 fully saturated rings. The van der Waals surface area contributed by atoms with Gasteiger partial charge in [0.1, 0.15) is 0 Å². The largest absolute Gasteiger partial charge is 0.459 e. The average molecular weight is 221 g/mol. The zero-order valence-electron chi connectivity index (χ0n) is 9.31. The maximum absolute atomic E-state index is 11.6. The minimum Gasteiger partial charge on any atom is -0.459 e. The highest BCUT2D eigenvalue weighted by Crippen LogP contribution is 2.15. The zero-order valence-corrected chi connectivity index (χ0v) is 9.31. The number of nitrogens with two attached hydrogens (primary N) is 2. The van der Waals surface area contributed by atoms with Crippen molar-refractivity contribution >= 4 is 17.6 Å². The van der Waals surface area contributed by atoms with Crippen LogP contribution in [0.25, 0.3) is 0 Å². The van der Waals surface area contributed by atoms with Gasteiger partial charge in [0.05, 0.1) is 17.4 Å². The van der Waals surface area contributed by atoms with E-state index in [0.29, 0.717) is 11.3 Å². The summed E-state index contributed by atoms with van der Waals surface area (Å²) in [5.41, 5.74) is 11.4. The van der Waals surface area contributed by atoms with Crippen molar-refractivity contribution in [2.45, 2.75) is 20.0 Å². The summed E-state index contributed by atoms with van der Waals surface area (Å²) in [5.74, 6) is -0.433. The number of nitrogens with zero attached hydrogens (tertiary/aromatic N) is 1. The van der Waals surface area contributed by atoms with E-state index in [4.69, 9.17) is 16.2 Å². The Morgan fingerprint density at radius 2 is 2.06 bits per heavy atom. The fraction of sp³-hybridized carbons (Fsp3) is 0.273. The maximum Gasteiger partial charge on any atom is 0.338 e. The second kappa shape index (κ2) is 5.16. The van der Waals surface area contributed by atoms with Crippen LogP contribution in [0, 0.1) is 0 Å². The van der Waals surface area contributed by atoms with Crippen molar-refractivity contribution in [2.75, 3.05) is 0 Å². The Bertz CT molecular complexity index is 409. The molecule has 5 nitrogen and oxygen atoms in total. The molecule has 5 heteroatoms. The number of hydrogen-bond acceptors (Lipinski definition) is 3. The molecule has 0 aliphatic heterocycles. The van der Waals surface area contributed by atoms with E-state index in [2.05, 4.69) is 4.99 Å². The third-order valence-corrected chi connectivity index (χ3v) is 1.68. The van der Waals surface area contributed by atoms with Crippen LogP contribution < -0.4 is 11.5 Å². The molecule has 0 aliphatic carbocycles. The predicted molar refractivity (Wildman–Crippen MR) is 62.5 cm³/mol. The van der Waals surface area contributed by atoms with Gasteiger partial charge in [-0.2, -0.15) is 0 Å². The normalized spacial score (nSPS) is 9.94. The van der Waals surface area contributed by atoms with Crippen LogP contribution >= 0.6 is 0 Å². The zero-order chi connectivity index (χ0) is 12.1. The van der Waals surface area contributed by atoms with Crippen molar-refractivity contribution in [2.24, 2.45) is 16.5 Å². The molecule has 0 heterocycles. The Morgan fingerprint density at radius 1 is 1.38 bits per heavy atom. The monoisotopic (exact) mass is 221 g/mol. The number of hydrogen-bond donors (Lipinski definition) is 2. The topological polar surface area (TPSA) is 90.7 Å². The number of guanidine groups is 1. The number of carbonyl (C=O) groups excluding carboxylic acids is 1. The smallest absolute Gasteiger partial charge is 0.338 e. The molecule has 0 unspecified atom stereocenters. The Kier molecular flexibility index (Phi) is 3.88. The molecular formula is C11H15N3O2. The van der Waals surface area contributed by atoms with Gasteiger partial charge in [-0.1, -0.05) is 6.07 Å². The van der Waals surface area contributed by atoms with Gasteiger partial charge in [0.25, 0.3) is 0 Å². The first-order chi connectivity index (χ1) is 7.49. The van der Waals surface area contributed by atoms with Crippen molar-refractivity contribution in [3.05, 3.63) is 29.8 Å². The highest BCUT2D eigenvalue weighted by Gasteiger charge is 2.09. The van der Waals surface area contributed by atoms with E-state index in [1.54, 1.807) is 38.1 Å². The van der Waals surface area contributed by atoms with E-state index in [9.17, 15) is 4.79 Å². The van der Waals surface area contributed by atoms with Crippen LogP contribution in [0.5, 0.6) is 0 Å². The first-order valence-corrected chi connectivity index (χ1v) is 4.89. The van der Waals surface area contributed by atoms with Crippen LogP contribution in [-0.4, -0.2) is 18.0 Å². The van der Waals surface area contributed by atoms with Crippen molar-refractivity contribution in [1.29, 1.82) is 0 Å². The van der Waals surface area contributed by atoms with Gasteiger partial charge < -0.3 is 16.2 Å². The third-order valence-electron chi connectivity index (χ3n) is 1.68. The number of rotatable bonds is 3. The lowest BCUT2D eigenvalue weighted by molar-refractivity contribution is 0.0378. The van der Waals surface area contributed by atoms with Crippen LogP contribution in [0.3, 0.4) is 0 Å². The molecule has 0 saturated carbocycles. The van der Waals surface area contributed by atoms with Gasteiger partial charge in [-0.15, -0.1) is 0 Å². The molecule has 1 rings (SSSR count). The van der Waals surface area contributed by atoms with Gasteiger partial charge in [0.15, 0.2) is 5.96 Å². The van der Waals surface area contributed by atoms with Gasteiger partial charge in [0, 0.05) is 0 Å². The lowest BCUT2D eigenvalue weighted by atomic mass is 10.2. The van der Waals surface area contributed by atoms with E-state index in [1.807, 2.05) is 0 Å². The molecule has 0 atom stereocenters. The minimum absolute atomic E-state index is 0.0469. The molecule has 0 radical (unpaired) electrons. The summed E-state index contributed by atoms with van der Waals surface area (Å²) in [6.07, 6.45) is -0.153. The molecule has 1 aromatic rings. The number of ether oxygens (including phenoxy) is 1. The molecule has 0 saturated heterocycles. The third kappa shape index (κ3) is 3.61.